The average molecular weight is 452 g/mol. The Hall–Kier alpha value is -2.90. The summed E-state index contributed by atoms with van der Waals surface area (Å²) >= 11 is 0. The van der Waals surface area contributed by atoms with Crippen LogP contribution in [0.5, 0.6) is 0 Å². The van der Waals surface area contributed by atoms with E-state index < -0.39 is 0 Å². The van der Waals surface area contributed by atoms with Crippen molar-refractivity contribution in [2.24, 2.45) is 10.3 Å². The number of benzene rings is 2. The summed E-state index contributed by atoms with van der Waals surface area (Å²) in [6.07, 6.45) is 5.49. The zero-order valence-electron chi connectivity index (χ0n) is 20.6. The molecule has 0 N–H and O–H groups in total. The molecule has 0 fully saturated rings. The van der Waals surface area contributed by atoms with Crippen molar-refractivity contribution in [3.63, 3.8) is 0 Å². The van der Waals surface area contributed by atoms with Gasteiger partial charge in [-0.05, 0) is 83.3 Å². The van der Waals surface area contributed by atoms with Crippen LogP contribution in [0.25, 0.3) is 21.8 Å². The molecule has 1 aromatic heterocycles. The van der Waals surface area contributed by atoms with Crippen molar-refractivity contribution in [1.82, 2.24) is 14.4 Å². The van der Waals surface area contributed by atoms with E-state index in [1.165, 1.54) is 21.8 Å². The number of rotatable bonds is 13. The van der Waals surface area contributed by atoms with Gasteiger partial charge in [-0.1, -0.05) is 22.4 Å². The van der Waals surface area contributed by atoms with Crippen LogP contribution in [0.3, 0.4) is 0 Å². The second-order valence-electron chi connectivity index (χ2n) is 8.75. The van der Waals surface area contributed by atoms with Gasteiger partial charge in [-0.2, -0.15) is 0 Å². The maximum atomic E-state index is 5.42. The van der Waals surface area contributed by atoms with E-state index in [1.54, 1.807) is 12.4 Å². The Labute approximate surface area is 197 Å². The predicted molar refractivity (Wildman–Crippen MR) is 139 cm³/mol. The molecule has 1 heterocycles. The van der Waals surface area contributed by atoms with Gasteiger partial charge in [0.1, 0.15) is 13.2 Å². The van der Waals surface area contributed by atoms with Crippen LogP contribution in [-0.2, 0) is 16.2 Å². The SMILES string of the molecule is CCn1c2ccc(/C=N/OCCCN(C)C)cc2c2cc(/C=N/OCCCN(C)C)ccc21. The number of hydrogen-bond acceptors (Lipinski definition) is 6. The summed E-state index contributed by atoms with van der Waals surface area (Å²) in [5.74, 6) is 0. The third-order valence-corrected chi connectivity index (χ3v) is 5.46. The molecule has 7 heteroatoms. The fraction of sp³-hybridized carbons (Fsp3) is 0.462. The molecule has 0 aliphatic heterocycles. The highest BCUT2D eigenvalue weighted by Crippen LogP contribution is 2.30. The third-order valence-electron chi connectivity index (χ3n) is 5.46. The van der Waals surface area contributed by atoms with Crippen LogP contribution < -0.4 is 0 Å². The summed E-state index contributed by atoms with van der Waals surface area (Å²) < 4.78 is 2.34. The summed E-state index contributed by atoms with van der Waals surface area (Å²) in [5.41, 5.74) is 4.47. The molecular formula is C26H37N5O2. The molecule has 7 nitrogen and oxygen atoms in total. The highest BCUT2D eigenvalue weighted by Gasteiger charge is 2.10. The van der Waals surface area contributed by atoms with Crippen molar-refractivity contribution in [3.05, 3.63) is 47.5 Å². The summed E-state index contributed by atoms with van der Waals surface area (Å²) in [5, 5.41) is 10.7. The smallest absolute Gasteiger partial charge is 0.118 e. The van der Waals surface area contributed by atoms with Crippen LogP contribution in [-0.4, -0.2) is 81.3 Å². The minimum absolute atomic E-state index is 0.617. The maximum absolute atomic E-state index is 5.42. The number of aromatic nitrogens is 1. The molecule has 33 heavy (non-hydrogen) atoms. The molecule has 0 atom stereocenters. The van der Waals surface area contributed by atoms with Crippen molar-refractivity contribution >= 4 is 34.2 Å². The molecule has 2 aromatic carbocycles. The van der Waals surface area contributed by atoms with Gasteiger partial charge in [0.15, 0.2) is 0 Å². The molecule has 0 aliphatic rings. The Balaban J connectivity index is 1.75. The zero-order valence-corrected chi connectivity index (χ0v) is 20.6. The van der Waals surface area contributed by atoms with Crippen molar-refractivity contribution < 1.29 is 9.68 Å². The monoisotopic (exact) mass is 451 g/mol. The van der Waals surface area contributed by atoms with E-state index >= 15 is 0 Å². The van der Waals surface area contributed by atoms with Gasteiger partial charge in [-0.3, -0.25) is 0 Å². The quantitative estimate of drug-likeness (QED) is 0.219. The first kappa shape index (κ1) is 24.7. The molecule has 0 saturated heterocycles. The number of fused-ring (bicyclic) bond motifs is 3. The number of oxime groups is 2. The van der Waals surface area contributed by atoms with E-state index in [1.807, 2.05) is 0 Å². The number of aryl methyl sites for hydroxylation is 1. The van der Waals surface area contributed by atoms with Gasteiger partial charge < -0.3 is 24.0 Å². The third kappa shape index (κ3) is 7.04. The van der Waals surface area contributed by atoms with Gasteiger partial charge in [-0.15, -0.1) is 0 Å². The highest BCUT2D eigenvalue weighted by molar-refractivity contribution is 6.10. The van der Waals surface area contributed by atoms with E-state index in [-0.39, 0.29) is 0 Å². The first-order valence-electron chi connectivity index (χ1n) is 11.7. The molecule has 0 radical (unpaired) electrons. The topological polar surface area (TPSA) is 54.6 Å². The van der Waals surface area contributed by atoms with Crippen LogP contribution in [0.2, 0.25) is 0 Å². The Morgan fingerprint density at radius 3 is 1.61 bits per heavy atom. The minimum atomic E-state index is 0.617. The molecule has 0 saturated carbocycles. The van der Waals surface area contributed by atoms with Crippen LogP contribution >= 0.6 is 0 Å². The summed E-state index contributed by atoms with van der Waals surface area (Å²) in [7, 11) is 8.23. The molecule has 178 valence electrons. The van der Waals surface area contributed by atoms with Crippen molar-refractivity contribution in [2.45, 2.75) is 26.3 Å². The fourth-order valence-electron chi connectivity index (χ4n) is 3.83. The van der Waals surface area contributed by atoms with E-state index in [0.717, 1.165) is 43.6 Å². The van der Waals surface area contributed by atoms with Crippen LogP contribution in [0.1, 0.15) is 30.9 Å². The van der Waals surface area contributed by atoms with Crippen LogP contribution in [0.4, 0.5) is 0 Å². The summed E-state index contributed by atoms with van der Waals surface area (Å²) in [6, 6.07) is 12.8. The lowest BCUT2D eigenvalue weighted by atomic mass is 10.1. The Morgan fingerprint density at radius 1 is 0.758 bits per heavy atom. The largest absolute Gasteiger partial charge is 0.396 e. The Kier molecular flexibility index (Phi) is 9.27. The Morgan fingerprint density at radius 2 is 1.21 bits per heavy atom. The van der Waals surface area contributed by atoms with E-state index in [9.17, 15) is 0 Å². The molecule has 0 spiro atoms. The van der Waals surface area contributed by atoms with Gasteiger partial charge in [0.05, 0.1) is 12.4 Å². The van der Waals surface area contributed by atoms with Gasteiger partial charge in [0, 0.05) is 41.4 Å². The zero-order chi connectivity index (χ0) is 23.6. The normalized spacial score (nSPS) is 12.3. The van der Waals surface area contributed by atoms with Gasteiger partial charge in [-0.25, -0.2) is 0 Å². The lowest BCUT2D eigenvalue weighted by Crippen LogP contribution is -2.14. The van der Waals surface area contributed by atoms with Crippen LogP contribution in [0.15, 0.2) is 46.7 Å². The molecule has 3 aromatic rings. The summed E-state index contributed by atoms with van der Waals surface area (Å²) in [4.78, 5) is 15.1. The molecule has 3 rings (SSSR count). The summed E-state index contributed by atoms with van der Waals surface area (Å²) in [6.45, 7) is 6.30. The molecule has 0 unspecified atom stereocenters. The van der Waals surface area contributed by atoms with E-state index in [2.05, 4.69) is 96.2 Å². The van der Waals surface area contributed by atoms with Crippen molar-refractivity contribution in [2.75, 3.05) is 54.5 Å². The number of hydrogen-bond donors (Lipinski definition) is 0. The lowest BCUT2D eigenvalue weighted by molar-refractivity contribution is 0.136. The molecule has 0 amide bonds. The average Bonchev–Trinajstić information content (AvgIpc) is 3.10. The minimum Gasteiger partial charge on any atom is -0.396 e. The van der Waals surface area contributed by atoms with Gasteiger partial charge in [0.25, 0.3) is 0 Å². The lowest BCUT2D eigenvalue weighted by Gasteiger charge is -2.07. The molecule has 0 bridgehead atoms. The maximum Gasteiger partial charge on any atom is 0.118 e. The van der Waals surface area contributed by atoms with Gasteiger partial charge in [0.2, 0.25) is 0 Å². The first-order valence-corrected chi connectivity index (χ1v) is 11.7. The Bertz CT molecular complexity index is 1000. The van der Waals surface area contributed by atoms with Crippen molar-refractivity contribution in [1.29, 1.82) is 0 Å². The van der Waals surface area contributed by atoms with E-state index in [4.69, 9.17) is 9.68 Å². The first-order chi connectivity index (χ1) is 16.0. The van der Waals surface area contributed by atoms with Crippen LogP contribution in [0, 0.1) is 0 Å². The van der Waals surface area contributed by atoms with Gasteiger partial charge >= 0.3 is 0 Å². The molecule has 0 aliphatic carbocycles. The highest BCUT2D eigenvalue weighted by atomic mass is 16.6. The predicted octanol–water partition coefficient (Wildman–Crippen LogP) is 4.42. The molecular weight excluding hydrogens is 414 g/mol. The fourth-order valence-corrected chi connectivity index (χ4v) is 3.83. The standard InChI is InChI=1S/C26H37N5O2/c1-6-31-25-11-9-21(19-27-32-15-7-13-29(2)3)17-23(25)24-18-22(10-12-26(24)31)20-28-33-16-8-14-30(4)5/h9-12,17-20H,6-8,13-16H2,1-5H3/b27-19+,28-20+. The van der Waals surface area contributed by atoms with Crippen molar-refractivity contribution in [3.8, 4) is 0 Å². The van der Waals surface area contributed by atoms with E-state index in [0.29, 0.717) is 13.2 Å². The second-order valence-corrected chi connectivity index (χ2v) is 8.75. The number of nitrogens with zero attached hydrogens (tertiary/aromatic N) is 5. The second kappa shape index (κ2) is 12.4.